The van der Waals surface area contributed by atoms with Gasteiger partial charge in [-0.25, -0.2) is 0 Å². The molecule has 0 radical (unpaired) electrons. The second kappa shape index (κ2) is 5.91. The van der Waals surface area contributed by atoms with Gasteiger partial charge in [-0.05, 0) is 38.8 Å². The minimum absolute atomic E-state index is 0.979. The topological polar surface area (TPSA) is 29.9 Å². The van der Waals surface area contributed by atoms with Crippen LogP contribution in [0.2, 0.25) is 0 Å². The van der Waals surface area contributed by atoms with Crippen LogP contribution in [0, 0.1) is 13.8 Å². The third kappa shape index (κ3) is 3.06. The first-order valence-corrected chi connectivity index (χ1v) is 5.94. The molecule has 1 N–H and O–H groups in total. The Morgan fingerprint density at radius 2 is 1.93 bits per heavy atom. The Morgan fingerprint density at radius 1 is 1.20 bits per heavy atom. The van der Waals surface area contributed by atoms with Gasteiger partial charge in [0, 0.05) is 12.2 Å². The van der Waals surface area contributed by atoms with Crippen LogP contribution in [0.5, 0.6) is 0 Å². The monoisotopic (exact) mass is 209 g/mol. The Labute approximate surface area is 92.9 Å². The smallest absolute Gasteiger partial charge is 0.0628 e. The highest BCUT2D eigenvalue weighted by Gasteiger charge is 2.08. The number of aryl methyl sites for hydroxylation is 1. The van der Waals surface area contributed by atoms with Gasteiger partial charge in [-0.2, -0.15) is 5.10 Å². The van der Waals surface area contributed by atoms with Gasteiger partial charge < -0.3 is 5.32 Å². The molecule has 0 saturated heterocycles. The van der Waals surface area contributed by atoms with E-state index in [0.29, 0.717) is 0 Å². The highest BCUT2D eigenvalue weighted by Crippen LogP contribution is 2.12. The molecule has 1 heterocycles. The first-order chi connectivity index (χ1) is 7.20. The van der Waals surface area contributed by atoms with Crippen molar-refractivity contribution in [1.82, 2.24) is 15.1 Å². The summed E-state index contributed by atoms with van der Waals surface area (Å²) in [7, 11) is 0. The number of hydrogen-bond donors (Lipinski definition) is 1. The lowest BCUT2D eigenvalue weighted by atomic mass is 10.1. The van der Waals surface area contributed by atoms with Crippen LogP contribution in [0.25, 0.3) is 0 Å². The quantitative estimate of drug-likeness (QED) is 0.727. The highest BCUT2D eigenvalue weighted by molar-refractivity contribution is 5.24. The molecule has 1 aromatic heterocycles. The van der Waals surface area contributed by atoms with E-state index in [1.54, 1.807) is 0 Å². The Balaban J connectivity index is 2.54. The lowest BCUT2D eigenvalue weighted by Gasteiger charge is -2.05. The van der Waals surface area contributed by atoms with Crippen molar-refractivity contribution >= 4 is 0 Å². The van der Waals surface area contributed by atoms with E-state index < -0.39 is 0 Å². The Bertz CT molecular complexity index is 302. The second-order valence-electron chi connectivity index (χ2n) is 3.98. The Hall–Kier alpha value is -0.830. The van der Waals surface area contributed by atoms with Crippen LogP contribution in [0.15, 0.2) is 0 Å². The fourth-order valence-corrected chi connectivity index (χ4v) is 1.95. The fourth-order valence-electron chi connectivity index (χ4n) is 1.95. The molecule has 3 heteroatoms. The van der Waals surface area contributed by atoms with Gasteiger partial charge in [0.2, 0.25) is 0 Å². The van der Waals surface area contributed by atoms with Crippen molar-refractivity contribution in [2.24, 2.45) is 0 Å². The molecule has 3 nitrogen and oxygen atoms in total. The van der Waals surface area contributed by atoms with Crippen molar-refractivity contribution in [2.75, 3.05) is 13.1 Å². The molecular formula is C12H23N3. The van der Waals surface area contributed by atoms with E-state index in [0.717, 1.165) is 26.1 Å². The van der Waals surface area contributed by atoms with E-state index in [2.05, 4.69) is 42.8 Å². The summed E-state index contributed by atoms with van der Waals surface area (Å²) < 4.78 is 2.12. The summed E-state index contributed by atoms with van der Waals surface area (Å²) in [6.07, 6.45) is 2.28. The predicted molar refractivity (Wildman–Crippen MR) is 64.2 cm³/mol. The molecule has 0 saturated carbocycles. The van der Waals surface area contributed by atoms with Crippen LogP contribution < -0.4 is 5.32 Å². The summed E-state index contributed by atoms with van der Waals surface area (Å²) in [5.74, 6) is 0. The number of hydrogen-bond acceptors (Lipinski definition) is 2. The SMILES string of the molecule is CCCNCCn1nc(C)c(CC)c1C. The van der Waals surface area contributed by atoms with Crippen LogP contribution >= 0.6 is 0 Å². The first-order valence-electron chi connectivity index (χ1n) is 5.94. The highest BCUT2D eigenvalue weighted by atomic mass is 15.3. The van der Waals surface area contributed by atoms with Crippen molar-refractivity contribution < 1.29 is 0 Å². The molecule has 0 unspecified atom stereocenters. The summed E-state index contributed by atoms with van der Waals surface area (Å²) in [5, 5.41) is 7.95. The number of nitrogens with zero attached hydrogens (tertiary/aromatic N) is 2. The lowest BCUT2D eigenvalue weighted by molar-refractivity contribution is 0.541. The molecule has 15 heavy (non-hydrogen) atoms. The number of nitrogens with one attached hydrogen (secondary N) is 1. The van der Waals surface area contributed by atoms with E-state index in [1.807, 2.05) is 0 Å². The molecule has 0 fully saturated rings. The van der Waals surface area contributed by atoms with Crippen molar-refractivity contribution in [2.45, 2.75) is 47.1 Å². The number of rotatable bonds is 6. The zero-order valence-electron chi connectivity index (χ0n) is 10.4. The molecule has 0 spiro atoms. The van der Waals surface area contributed by atoms with Gasteiger partial charge in [-0.1, -0.05) is 13.8 Å². The van der Waals surface area contributed by atoms with E-state index in [-0.39, 0.29) is 0 Å². The van der Waals surface area contributed by atoms with E-state index in [9.17, 15) is 0 Å². The van der Waals surface area contributed by atoms with Crippen LogP contribution in [0.3, 0.4) is 0 Å². The Morgan fingerprint density at radius 3 is 2.47 bits per heavy atom. The molecule has 0 aliphatic carbocycles. The summed E-state index contributed by atoms with van der Waals surface area (Å²) in [6.45, 7) is 11.7. The van der Waals surface area contributed by atoms with E-state index >= 15 is 0 Å². The predicted octanol–water partition coefficient (Wildman–Crippen LogP) is 2.06. The first kappa shape index (κ1) is 12.2. The molecule has 0 aromatic carbocycles. The average molecular weight is 209 g/mol. The summed E-state index contributed by atoms with van der Waals surface area (Å²) in [5.41, 5.74) is 3.92. The molecule has 0 amide bonds. The maximum absolute atomic E-state index is 4.56. The minimum atomic E-state index is 0.979. The molecule has 0 aliphatic heterocycles. The maximum Gasteiger partial charge on any atom is 0.0628 e. The molecule has 0 atom stereocenters. The van der Waals surface area contributed by atoms with Crippen molar-refractivity contribution in [3.8, 4) is 0 Å². The molecule has 0 aliphatic rings. The van der Waals surface area contributed by atoms with Crippen LogP contribution in [-0.4, -0.2) is 22.9 Å². The van der Waals surface area contributed by atoms with E-state index in [1.165, 1.54) is 23.4 Å². The standard InChI is InChI=1S/C12H23N3/c1-5-7-13-8-9-15-11(4)12(6-2)10(3)14-15/h13H,5-9H2,1-4H3. The Kier molecular flexibility index (Phi) is 4.82. The van der Waals surface area contributed by atoms with Crippen molar-refractivity contribution in [1.29, 1.82) is 0 Å². The lowest BCUT2D eigenvalue weighted by Crippen LogP contribution is -2.21. The van der Waals surface area contributed by atoms with Gasteiger partial charge in [-0.3, -0.25) is 4.68 Å². The van der Waals surface area contributed by atoms with Gasteiger partial charge >= 0.3 is 0 Å². The molecular weight excluding hydrogens is 186 g/mol. The van der Waals surface area contributed by atoms with Gasteiger partial charge in [-0.15, -0.1) is 0 Å². The summed E-state index contributed by atoms with van der Waals surface area (Å²) in [6, 6.07) is 0. The van der Waals surface area contributed by atoms with Crippen LogP contribution in [0.4, 0.5) is 0 Å². The van der Waals surface area contributed by atoms with Gasteiger partial charge in [0.05, 0.1) is 12.2 Å². The zero-order chi connectivity index (χ0) is 11.3. The van der Waals surface area contributed by atoms with Gasteiger partial charge in [0.15, 0.2) is 0 Å². The van der Waals surface area contributed by atoms with Crippen LogP contribution in [-0.2, 0) is 13.0 Å². The third-order valence-corrected chi connectivity index (χ3v) is 2.81. The molecule has 1 rings (SSSR count). The van der Waals surface area contributed by atoms with Crippen molar-refractivity contribution in [3.63, 3.8) is 0 Å². The minimum Gasteiger partial charge on any atom is -0.315 e. The summed E-state index contributed by atoms with van der Waals surface area (Å²) >= 11 is 0. The molecule has 0 bridgehead atoms. The fraction of sp³-hybridized carbons (Fsp3) is 0.750. The average Bonchev–Trinajstić information content (AvgIpc) is 2.49. The third-order valence-electron chi connectivity index (χ3n) is 2.81. The van der Waals surface area contributed by atoms with Crippen molar-refractivity contribution in [3.05, 3.63) is 17.0 Å². The molecule has 86 valence electrons. The van der Waals surface area contributed by atoms with Gasteiger partial charge in [0.1, 0.15) is 0 Å². The second-order valence-corrected chi connectivity index (χ2v) is 3.98. The van der Waals surface area contributed by atoms with E-state index in [4.69, 9.17) is 0 Å². The maximum atomic E-state index is 4.56. The normalized spacial score (nSPS) is 10.9. The summed E-state index contributed by atoms with van der Waals surface area (Å²) in [4.78, 5) is 0. The molecule has 1 aromatic rings. The van der Waals surface area contributed by atoms with Crippen LogP contribution in [0.1, 0.15) is 37.2 Å². The largest absolute Gasteiger partial charge is 0.315 e. The zero-order valence-corrected chi connectivity index (χ0v) is 10.4. The van der Waals surface area contributed by atoms with Gasteiger partial charge in [0.25, 0.3) is 0 Å². The number of aromatic nitrogens is 2.